The van der Waals surface area contributed by atoms with Gasteiger partial charge in [-0.3, -0.25) is 4.79 Å². The predicted octanol–water partition coefficient (Wildman–Crippen LogP) is 0.248. The monoisotopic (exact) mass is 954 g/mol. The molecule has 5 aliphatic carbocycles. The summed E-state index contributed by atoms with van der Waals surface area (Å²) in [7, 11) is 0. The normalized spacial score (nSPS) is 55.5. The van der Waals surface area contributed by atoms with Gasteiger partial charge >= 0.3 is 11.9 Å². The average Bonchev–Trinajstić information content (AvgIpc) is 3.58. The third-order valence-electron chi connectivity index (χ3n) is 19.5. The van der Waals surface area contributed by atoms with Gasteiger partial charge in [-0.15, -0.1) is 0 Å². The number of carbonyl (C=O) groups excluding carboxylic acids is 1. The van der Waals surface area contributed by atoms with Crippen LogP contribution in [-0.4, -0.2) is 180 Å². The Bertz CT molecular complexity index is 1950. The van der Waals surface area contributed by atoms with E-state index < -0.39 is 133 Å². The molecule has 0 aromatic carbocycles. The van der Waals surface area contributed by atoms with E-state index in [2.05, 4.69) is 54.5 Å². The van der Waals surface area contributed by atoms with Crippen LogP contribution in [0, 0.1) is 50.2 Å². The van der Waals surface area contributed by atoms with E-state index in [1.165, 1.54) is 12.5 Å². The van der Waals surface area contributed by atoms with Gasteiger partial charge in [-0.2, -0.15) is 0 Å². The van der Waals surface area contributed by atoms with Gasteiger partial charge in [-0.05, 0) is 91.3 Å². The Kier molecular flexibility index (Phi) is 12.6. The summed E-state index contributed by atoms with van der Waals surface area (Å²) in [5.74, 6) is -1.76. The fourth-order valence-corrected chi connectivity index (χ4v) is 15.7. The summed E-state index contributed by atoms with van der Waals surface area (Å²) in [6.07, 6.45) is -20.0. The quantitative estimate of drug-likeness (QED) is 0.0886. The number of fused-ring (bicyclic) bond motifs is 8. The van der Waals surface area contributed by atoms with Crippen LogP contribution in [0.2, 0.25) is 0 Å². The Morgan fingerprint density at radius 3 is 2.01 bits per heavy atom. The second kappa shape index (κ2) is 16.8. The first-order valence-corrected chi connectivity index (χ1v) is 24.3. The highest BCUT2D eigenvalue weighted by atomic mass is 16.8. The van der Waals surface area contributed by atoms with E-state index >= 15 is 0 Å². The number of hydrogen-bond donors (Lipinski definition) is 10. The number of allylic oxidation sites excluding steroid dienone is 1. The average molecular weight is 955 g/mol. The number of carboxylic acid groups (broad SMARTS) is 1. The Hall–Kier alpha value is -1.92. The van der Waals surface area contributed by atoms with Gasteiger partial charge < -0.3 is 84.2 Å². The van der Waals surface area contributed by atoms with Gasteiger partial charge in [0.15, 0.2) is 25.0 Å². The van der Waals surface area contributed by atoms with Gasteiger partial charge in [0.25, 0.3) is 0 Å². The highest BCUT2D eigenvalue weighted by Crippen LogP contribution is 2.77. The molecule has 9 rings (SSSR count). The van der Waals surface area contributed by atoms with E-state index in [0.29, 0.717) is 25.7 Å². The number of carbonyl (C=O) groups is 2. The molecule has 2 bridgehead atoms. The van der Waals surface area contributed by atoms with E-state index in [4.69, 9.17) is 33.2 Å². The Labute approximate surface area is 390 Å². The van der Waals surface area contributed by atoms with Crippen molar-refractivity contribution >= 4 is 11.9 Å². The minimum atomic E-state index is -2.05. The number of rotatable bonds is 8. The van der Waals surface area contributed by atoms with Crippen molar-refractivity contribution in [1.82, 2.24) is 0 Å². The molecule has 4 aliphatic heterocycles. The van der Waals surface area contributed by atoms with Gasteiger partial charge in [-0.25, -0.2) is 4.79 Å². The molecule has 0 radical (unpaired) electrons. The molecule has 4 saturated carbocycles. The summed E-state index contributed by atoms with van der Waals surface area (Å²) < 4.78 is 42.7. The lowest BCUT2D eigenvalue weighted by Crippen LogP contribution is -2.68. The fourth-order valence-electron chi connectivity index (χ4n) is 15.7. The van der Waals surface area contributed by atoms with Crippen molar-refractivity contribution in [1.29, 1.82) is 0 Å². The Balaban J connectivity index is 0.993. The van der Waals surface area contributed by atoms with Crippen LogP contribution in [0.1, 0.15) is 107 Å². The van der Waals surface area contributed by atoms with Crippen LogP contribution in [0.3, 0.4) is 0 Å². The molecule has 9 aliphatic rings. The minimum absolute atomic E-state index is 0.0490. The molecule has 25 atom stereocenters. The van der Waals surface area contributed by atoms with Crippen LogP contribution >= 0.6 is 0 Å². The van der Waals surface area contributed by atoms with Crippen molar-refractivity contribution in [3.05, 3.63) is 11.6 Å². The van der Waals surface area contributed by atoms with Crippen molar-refractivity contribution in [2.24, 2.45) is 50.2 Å². The van der Waals surface area contributed by atoms with Crippen molar-refractivity contribution in [2.45, 2.75) is 217 Å². The van der Waals surface area contributed by atoms with Crippen molar-refractivity contribution in [2.75, 3.05) is 6.61 Å². The van der Waals surface area contributed by atoms with Crippen LogP contribution in [0.15, 0.2) is 11.6 Å². The van der Waals surface area contributed by atoms with Crippen molar-refractivity contribution in [3.63, 3.8) is 0 Å². The number of aliphatic carboxylic acids is 1. The summed E-state index contributed by atoms with van der Waals surface area (Å²) >= 11 is 0. The van der Waals surface area contributed by atoms with E-state index in [1.54, 1.807) is 0 Å². The van der Waals surface area contributed by atoms with Gasteiger partial charge in [0, 0.05) is 11.8 Å². The summed E-state index contributed by atoms with van der Waals surface area (Å²) in [6.45, 7) is 16.1. The molecule has 8 fully saturated rings. The Morgan fingerprint density at radius 1 is 0.716 bits per heavy atom. The van der Waals surface area contributed by atoms with E-state index in [9.17, 15) is 60.7 Å². The van der Waals surface area contributed by atoms with Crippen molar-refractivity contribution in [3.8, 4) is 0 Å². The maximum Gasteiger partial charge on any atom is 0.335 e. The lowest BCUT2D eigenvalue weighted by atomic mass is 9.33. The van der Waals surface area contributed by atoms with Gasteiger partial charge in [0.05, 0.1) is 24.9 Å². The summed E-state index contributed by atoms with van der Waals surface area (Å²) in [4.78, 5) is 26.5. The zero-order valence-electron chi connectivity index (χ0n) is 39.7. The Morgan fingerprint density at radius 2 is 1.36 bits per heavy atom. The summed E-state index contributed by atoms with van der Waals surface area (Å²) in [5, 5.41) is 108. The smallest absolute Gasteiger partial charge is 0.335 e. The number of aliphatic hydroxyl groups excluding tert-OH is 9. The second-order valence-corrected chi connectivity index (χ2v) is 23.8. The molecule has 4 saturated heterocycles. The van der Waals surface area contributed by atoms with Crippen molar-refractivity contribution < 1.29 is 93.8 Å². The zero-order chi connectivity index (χ0) is 48.9. The van der Waals surface area contributed by atoms with Crippen LogP contribution < -0.4 is 0 Å². The topological polar surface area (TPSA) is 301 Å². The van der Waals surface area contributed by atoms with Crippen LogP contribution in [0.5, 0.6) is 0 Å². The third-order valence-corrected chi connectivity index (χ3v) is 19.5. The summed E-state index contributed by atoms with van der Waals surface area (Å²) in [6, 6.07) is 0. The molecule has 19 nitrogen and oxygen atoms in total. The van der Waals surface area contributed by atoms with Crippen LogP contribution in [0.25, 0.3) is 0 Å². The molecule has 2 unspecified atom stereocenters. The first kappa shape index (κ1) is 50.0. The maximum atomic E-state index is 14.0. The standard InChI is InChI=1S/C48H74O19/c1-19-28(51)30(53)34(57)39(61-19)66-36-31(54)29(52)22(18-49)62-40(36)67-37-33(56)32(55)35(38(58)59)65-41(37)63-26-12-13-45(6)23(44(26,4)5)11-14-46(7)24(45)10-9-20-21-15-43(2,3)16-25(50)48(21)17-27(47(20,46)8)64-42(48)60/h9,19,21-37,39-41,49-57H,10-18H2,1-8H3,(H,58,59)/t19-,21?,22+,23?,24+,25-,26-,27+,28-,29+,30+,31-,32-,33-,34+,35-,36+,37+,39-,40-,41+,45-,46+,47-,48-/m0/s1. The largest absolute Gasteiger partial charge is 0.479 e. The van der Waals surface area contributed by atoms with Gasteiger partial charge in [0.1, 0.15) is 72.6 Å². The van der Waals surface area contributed by atoms with Crippen LogP contribution in [-0.2, 0) is 42.7 Å². The molecule has 0 amide bonds. The maximum absolute atomic E-state index is 14.0. The number of carboxylic acids is 1. The van der Waals surface area contributed by atoms with E-state index in [0.717, 1.165) is 25.7 Å². The fraction of sp³-hybridized carbons (Fsp3) is 0.917. The minimum Gasteiger partial charge on any atom is -0.479 e. The molecule has 0 aromatic heterocycles. The lowest BCUT2D eigenvalue weighted by molar-refractivity contribution is -0.395. The predicted molar refractivity (Wildman–Crippen MR) is 229 cm³/mol. The number of ether oxygens (including phenoxy) is 7. The first-order valence-electron chi connectivity index (χ1n) is 24.3. The molecule has 10 N–H and O–H groups in total. The molecule has 1 spiro atoms. The highest BCUT2D eigenvalue weighted by Gasteiger charge is 2.77. The van der Waals surface area contributed by atoms with Crippen LogP contribution in [0.4, 0.5) is 0 Å². The highest BCUT2D eigenvalue weighted by molar-refractivity contribution is 5.83. The molecule has 4 heterocycles. The second-order valence-electron chi connectivity index (χ2n) is 23.8. The number of hydrogen-bond acceptors (Lipinski definition) is 18. The van der Waals surface area contributed by atoms with E-state index in [1.807, 2.05) is 0 Å². The molecule has 67 heavy (non-hydrogen) atoms. The molecular weight excluding hydrogens is 881 g/mol. The molecule has 19 heteroatoms. The number of aliphatic hydroxyl groups is 9. The number of esters is 1. The van der Waals surface area contributed by atoms with E-state index in [-0.39, 0.29) is 46.1 Å². The first-order chi connectivity index (χ1) is 31.2. The van der Waals surface area contributed by atoms with Gasteiger partial charge in [-0.1, -0.05) is 60.1 Å². The molecule has 0 aromatic rings. The molecular formula is C48H74O19. The summed E-state index contributed by atoms with van der Waals surface area (Å²) in [5.41, 5.74) is -1.46. The van der Waals surface area contributed by atoms with Gasteiger partial charge in [0.2, 0.25) is 0 Å². The SMILES string of the molecule is C[C@@H]1O[C@@H](O[C@H]2[C@H](O[C@H]3[C@H](O[C@H]4CC[C@@]5(C)C(CC[C@]6(C)[C@@H]5CC=C5C7CC(C)(C)C[C@H](O)[C@]78C[C@@H](OC8=O)[C@]56C)C4(C)C)O[C@H](C(=O)O)[C@@H](O)[C@@H]3O)O[C@H](CO)[C@@H](O)[C@@H]2O)[C@H](O)[C@H](O)[C@H]1O. The lowest BCUT2D eigenvalue weighted by Gasteiger charge is -2.71. The third kappa shape index (κ3) is 7.21. The zero-order valence-corrected chi connectivity index (χ0v) is 39.7. The molecule has 380 valence electrons.